The molecule has 0 radical (unpaired) electrons. The zero-order valence-electron chi connectivity index (χ0n) is 16.5. The standard InChI is InChI=1S/C20H29N3O4/c1-13(2)12-27-19(25)10-17-20(26)21-8-9-23(17)11-18(24)22-16-7-5-6-14(3)15(16)4/h5-7,13,17H,8-12H2,1-4H3,(H,21,26)(H,22,24). The highest BCUT2D eigenvalue weighted by Crippen LogP contribution is 2.18. The molecule has 1 fully saturated rings. The maximum Gasteiger partial charge on any atom is 0.307 e. The molecule has 1 heterocycles. The van der Waals surface area contributed by atoms with Crippen molar-refractivity contribution in [3.8, 4) is 0 Å². The van der Waals surface area contributed by atoms with Crippen LogP contribution in [0.3, 0.4) is 0 Å². The highest BCUT2D eigenvalue weighted by Gasteiger charge is 2.33. The Hall–Kier alpha value is -2.41. The third-order valence-corrected chi connectivity index (χ3v) is 4.60. The summed E-state index contributed by atoms with van der Waals surface area (Å²) >= 11 is 0. The Morgan fingerprint density at radius 1 is 1.33 bits per heavy atom. The van der Waals surface area contributed by atoms with Gasteiger partial charge in [0.15, 0.2) is 0 Å². The van der Waals surface area contributed by atoms with Crippen LogP contribution in [0, 0.1) is 19.8 Å². The van der Waals surface area contributed by atoms with Gasteiger partial charge in [-0.2, -0.15) is 0 Å². The second-order valence-corrected chi connectivity index (χ2v) is 7.35. The van der Waals surface area contributed by atoms with Crippen LogP contribution in [-0.2, 0) is 19.1 Å². The number of anilines is 1. The number of aryl methyl sites for hydroxylation is 1. The van der Waals surface area contributed by atoms with Crippen LogP contribution in [0.5, 0.6) is 0 Å². The van der Waals surface area contributed by atoms with Crippen molar-refractivity contribution >= 4 is 23.5 Å². The molecule has 7 heteroatoms. The van der Waals surface area contributed by atoms with Crippen molar-refractivity contribution in [2.45, 2.75) is 40.2 Å². The molecular weight excluding hydrogens is 346 g/mol. The first-order chi connectivity index (χ1) is 12.8. The monoisotopic (exact) mass is 375 g/mol. The first kappa shape index (κ1) is 20.9. The van der Waals surface area contributed by atoms with E-state index < -0.39 is 12.0 Å². The molecule has 7 nitrogen and oxygen atoms in total. The quantitative estimate of drug-likeness (QED) is 0.708. The van der Waals surface area contributed by atoms with E-state index in [4.69, 9.17) is 4.74 Å². The average molecular weight is 375 g/mol. The molecule has 1 aliphatic rings. The van der Waals surface area contributed by atoms with Gasteiger partial charge in [-0.25, -0.2) is 0 Å². The summed E-state index contributed by atoms with van der Waals surface area (Å²) in [5, 5.41) is 5.65. The summed E-state index contributed by atoms with van der Waals surface area (Å²) in [7, 11) is 0. The first-order valence-electron chi connectivity index (χ1n) is 9.31. The third-order valence-electron chi connectivity index (χ3n) is 4.60. The van der Waals surface area contributed by atoms with Gasteiger partial charge < -0.3 is 15.4 Å². The fraction of sp³-hybridized carbons (Fsp3) is 0.550. The van der Waals surface area contributed by atoms with Crippen LogP contribution in [0.1, 0.15) is 31.4 Å². The van der Waals surface area contributed by atoms with Crippen LogP contribution < -0.4 is 10.6 Å². The molecular formula is C20H29N3O4. The first-order valence-corrected chi connectivity index (χ1v) is 9.31. The van der Waals surface area contributed by atoms with Gasteiger partial charge in [0.25, 0.3) is 0 Å². The topological polar surface area (TPSA) is 87.7 Å². The van der Waals surface area contributed by atoms with E-state index in [2.05, 4.69) is 10.6 Å². The van der Waals surface area contributed by atoms with Crippen LogP contribution in [0.2, 0.25) is 0 Å². The van der Waals surface area contributed by atoms with Crippen LogP contribution in [0.4, 0.5) is 5.69 Å². The number of ether oxygens (including phenoxy) is 1. The number of hydrogen-bond acceptors (Lipinski definition) is 5. The van der Waals surface area contributed by atoms with Crippen molar-refractivity contribution in [2.75, 3.05) is 31.6 Å². The summed E-state index contributed by atoms with van der Waals surface area (Å²) in [5.74, 6) is -0.652. The van der Waals surface area contributed by atoms with Crippen LogP contribution in [0.15, 0.2) is 18.2 Å². The summed E-state index contributed by atoms with van der Waals surface area (Å²) in [6, 6.07) is 5.03. The summed E-state index contributed by atoms with van der Waals surface area (Å²) in [6.45, 7) is 9.16. The number of piperazine rings is 1. The number of carbonyl (C=O) groups excluding carboxylic acids is 3. The third kappa shape index (κ3) is 6.06. The van der Waals surface area contributed by atoms with Gasteiger partial charge in [-0.1, -0.05) is 26.0 Å². The SMILES string of the molecule is Cc1cccc(NC(=O)CN2CCNC(=O)C2CC(=O)OCC(C)C)c1C. The number of rotatable bonds is 7. The lowest BCUT2D eigenvalue weighted by molar-refractivity contribution is -0.149. The van der Waals surface area contributed by atoms with Crippen molar-refractivity contribution in [1.29, 1.82) is 0 Å². The minimum atomic E-state index is -0.692. The summed E-state index contributed by atoms with van der Waals surface area (Å²) < 4.78 is 5.19. The van der Waals surface area contributed by atoms with E-state index in [0.717, 1.165) is 16.8 Å². The predicted molar refractivity (Wildman–Crippen MR) is 103 cm³/mol. The van der Waals surface area contributed by atoms with Crippen molar-refractivity contribution in [3.05, 3.63) is 29.3 Å². The van der Waals surface area contributed by atoms with E-state index in [9.17, 15) is 14.4 Å². The van der Waals surface area contributed by atoms with Gasteiger partial charge in [-0.3, -0.25) is 19.3 Å². The van der Waals surface area contributed by atoms with Crippen molar-refractivity contribution < 1.29 is 19.1 Å². The smallest absolute Gasteiger partial charge is 0.307 e. The Labute approximate surface area is 160 Å². The molecule has 0 spiro atoms. The number of benzene rings is 1. The Bertz CT molecular complexity index is 702. The molecule has 2 N–H and O–H groups in total. The Kier molecular flexibility index (Phi) is 7.36. The fourth-order valence-corrected chi connectivity index (χ4v) is 2.91. The number of amides is 2. The Morgan fingerprint density at radius 3 is 2.78 bits per heavy atom. The minimum Gasteiger partial charge on any atom is -0.465 e. The van der Waals surface area contributed by atoms with E-state index >= 15 is 0 Å². The maximum atomic E-state index is 12.5. The van der Waals surface area contributed by atoms with Gasteiger partial charge in [-0.15, -0.1) is 0 Å². The van der Waals surface area contributed by atoms with Crippen molar-refractivity contribution in [2.24, 2.45) is 5.92 Å². The van der Waals surface area contributed by atoms with Gasteiger partial charge in [0.05, 0.1) is 19.6 Å². The lowest BCUT2D eigenvalue weighted by atomic mass is 10.1. The number of esters is 1. The van der Waals surface area contributed by atoms with E-state index in [1.807, 2.05) is 45.9 Å². The summed E-state index contributed by atoms with van der Waals surface area (Å²) in [6.07, 6.45) is -0.0602. The van der Waals surface area contributed by atoms with E-state index in [-0.39, 0.29) is 30.7 Å². The fourth-order valence-electron chi connectivity index (χ4n) is 2.91. The van der Waals surface area contributed by atoms with Crippen LogP contribution >= 0.6 is 0 Å². The maximum absolute atomic E-state index is 12.5. The van der Waals surface area contributed by atoms with Crippen LogP contribution in [-0.4, -0.2) is 55.0 Å². The molecule has 2 amide bonds. The molecule has 1 aromatic rings. The molecule has 1 atom stereocenters. The van der Waals surface area contributed by atoms with Gasteiger partial charge in [0, 0.05) is 18.8 Å². The van der Waals surface area contributed by atoms with Gasteiger partial charge in [-0.05, 0) is 37.0 Å². The van der Waals surface area contributed by atoms with Gasteiger partial charge >= 0.3 is 5.97 Å². The molecule has 1 unspecified atom stereocenters. The highest BCUT2D eigenvalue weighted by atomic mass is 16.5. The lowest BCUT2D eigenvalue weighted by Crippen LogP contribution is -2.57. The average Bonchev–Trinajstić information content (AvgIpc) is 2.60. The summed E-state index contributed by atoms with van der Waals surface area (Å²) in [4.78, 5) is 38.5. The number of carbonyl (C=O) groups is 3. The van der Waals surface area contributed by atoms with E-state index in [0.29, 0.717) is 19.7 Å². The van der Waals surface area contributed by atoms with Crippen molar-refractivity contribution in [1.82, 2.24) is 10.2 Å². The molecule has 0 bridgehead atoms. The highest BCUT2D eigenvalue weighted by molar-refractivity contribution is 5.94. The number of nitrogens with one attached hydrogen (secondary N) is 2. The predicted octanol–water partition coefficient (Wildman–Crippen LogP) is 1.63. The molecule has 0 aliphatic carbocycles. The second-order valence-electron chi connectivity index (χ2n) is 7.35. The van der Waals surface area contributed by atoms with Gasteiger partial charge in [0.1, 0.15) is 6.04 Å². The molecule has 0 aromatic heterocycles. The zero-order valence-corrected chi connectivity index (χ0v) is 16.5. The number of nitrogens with zero attached hydrogens (tertiary/aromatic N) is 1. The Morgan fingerprint density at radius 2 is 2.07 bits per heavy atom. The molecule has 0 saturated carbocycles. The van der Waals surface area contributed by atoms with Crippen LogP contribution in [0.25, 0.3) is 0 Å². The normalized spacial score (nSPS) is 17.5. The van der Waals surface area contributed by atoms with Crippen molar-refractivity contribution in [3.63, 3.8) is 0 Å². The Balaban J connectivity index is 1.99. The lowest BCUT2D eigenvalue weighted by Gasteiger charge is -2.34. The molecule has 148 valence electrons. The molecule has 1 aliphatic heterocycles. The zero-order chi connectivity index (χ0) is 20.0. The molecule has 1 aromatic carbocycles. The number of hydrogen-bond donors (Lipinski definition) is 2. The second kappa shape index (κ2) is 9.50. The van der Waals surface area contributed by atoms with E-state index in [1.54, 1.807) is 4.90 Å². The largest absolute Gasteiger partial charge is 0.465 e. The minimum absolute atomic E-state index is 0.0446. The molecule has 27 heavy (non-hydrogen) atoms. The van der Waals surface area contributed by atoms with Gasteiger partial charge in [0.2, 0.25) is 11.8 Å². The van der Waals surface area contributed by atoms with E-state index in [1.165, 1.54) is 0 Å². The molecule has 2 rings (SSSR count). The molecule has 1 saturated heterocycles. The summed E-state index contributed by atoms with van der Waals surface area (Å²) in [5.41, 5.74) is 2.86.